The molecular weight excluding hydrogens is 507 g/mol. The standard InChI is InChI=1S/C30H32F3N3O3/c1-2-3-4-7-17-34-29(38)39-36-18-16-22-19-25(15-12-23(22)20-36)35-28(37)27-9-6-5-8-26(27)21-10-13-24(14-11-21)30(31,32)33/h5-6,8-15,19H,2-4,7,16-18,20H2,1H3,(H,34,38)(H,35,37). The van der Waals surface area contributed by atoms with Gasteiger partial charge in [0.2, 0.25) is 0 Å². The Morgan fingerprint density at radius 2 is 1.72 bits per heavy atom. The second-order valence-electron chi connectivity index (χ2n) is 9.54. The number of unbranched alkanes of at least 4 members (excludes halogenated alkanes) is 3. The molecule has 206 valence electrons. The normalized spacial score (nSPS) is 13.4. The number of fused-ring (bicyclic) bond motifs is 1. The van der Waals surface area contributed by atoms with Gasteiger partial charge < -0.3 is 15.5 Å². The monoisotopic (exact) mass is 539 g/mol. The SMILES string of the molecule is CCCCCCNC(=O)ON1CCc2cc(NC(=O)c3ccccc3-c3ccc(C(F)(F)F)cc3)ccc2C1. The number of nitrogens with zero attached hydrogens (tertiary/aromatic N) is 1. The van der Waals surface area contributed by atoms with Gasteiger partial charge in [0.15, 0.2) is 0 Å². The molecule has 1 aliphatic heterocycles. The molecule has 0 spiro atoms. The minimum absolute atomic E-state index is 0.357. The summed E-state index contributed by atoms with van der Waals surface area (Å²) in [5.41, 5.74) is 3.33. The minimum Gasteiger partial charge on any atom is -0.351 e. The first kappa shape index (κ1) is 28.2. The van der Waals surface area contributed by atoms with E-state index in [-0.39, 0.29) is 5.91 Å². The summed E-state index contributed by atoms with van der Waals surface area (Å²) in [7, 11) is 0. The predicted octanol–water partition coefficient (Wildman–Crippen LogP) is 7.20. The minimum atomic E-state index is -4.43. The van der Waals surface area contributed by atoms with Crippen molar-refractivity contribution < 1.29 is 27.6 Å². The summed E-state index contributed by atoms with van der Waals surface area (Å²) in [5.74, 6) is -0.359. The van der Waals surface area contributed by atoms with E-state index >= 15 is 0 Å². The number of alkyl halides is 3. The number of amides is 2. The summed E-state index contributed by atoms with van der Waals surface area (Å²) in [6.07, 6.45) is 0.0523. The average Bonchev–Trinajstić information content (AvgIpc) is 2.92. The van der Waals surface area contributed by atoms with Crippen molar-refractivity contribution in [3.8, 4) is 11.1 Å². The lowest BCUT2D eigenvalue weighted by Crippen LogP contribution is -2.37. The molecular formula is C30H32F3N3O3. The lowest BCUT2D eigenvalue weighted by molar-refractivity contribution is -0.137. The first-order valence-electron chi connectivity index (χ1n) is 13.1. The van der Waals surface area contributed by atoms with Crippen LogP contribution in [0.1, 0.15) is 59.7 Å². The number of halogens is 3. The quantitative estimate of drug-likeness (QED) is 0.282. The molecule has 3 aromatic rings. The van der Waals surface area contributed by atoms with Crippen LogP contribution in [0, 0.1) is 0 Å². The molecule has 2 N–H and O–H groups in total. The van der Waals surface area contributed by atoms with E-state index in [0.717, 1.165) is 48.9 Å². The van der Waals surface area contributed by atoms with E-state index in [4.69, 9.17) is 4.84 Å². The largest absolute Gasteiger partial charge is 0.426 e. The zero-order valence-corrected chi connectivity index (χ0v) is 21.8. The average molecular weight is 540 g/mol. The van der Waals surface area contributed by atoms with E-state index in [0.29, 0.717) is 48.4 Å². The number of carbonyl (C=O) groups is 2. The Bertz CT molecular complexity index is 1290. The third-order valence-corrected chi connectivity index (χ3v) is 6.65. The van der Waals surface area contributed by atoms with E-state index in [1.165, 1.54) is 12.1 Å². The molecule has 39 heavy (non-hydrogen) atoms. The van der Waals surface area contributed by atoms with Gasteiger partial charge in [0, 0.05) is 24.3 Å². The fraction of sp³-hybridized carbons (Fsp3) is 0.333. The third kappa shape index (κ3) is 7.60. The summed E-state index contributed by atoms with van der Waals surface area (Å²) in [4.78, 5) is 30.7. The van der Waals surface area contributed by atoms with Crippen molar-refractivity contribution in [1.29, 1.82) is 0 Å². The fourth-order valence-corrected chi connectivity index (χ4v) is 4.54. The van der Waals surface area contributed by atoms with Crippen LogP contribution >= 0.6 is 0 Å². The molecule has 0 radical (unpaired) electrons. The van der Waals surface area contributed by atoms with Crippen molar-refractivity contribution in [3.63, 3.8) is 0 Å². The maximum Gasteiger partial charge on any atom is 0.426 e. The van der Waals surface area contributed by atoms with Crippen molar-refractivity contribution >= 4 is 17.7 Å². The van der Waals surface area contributed by atoms with Crippen molar-refractivity contribution in [2.24, 2.45) is 0 Å². The molecule has 1 heterocycles. The van der Waals surface area contributed by atoms with Crippen LogP contribution in [-0.4, -0.2) is 30.2 Å². The van der Waals surface area contributed by atoms with Gasteiger partial charge in [-0.15, -0.1) is 5.06 Å². The van der Waals surface area contributed by atoms with Crippen LogP contribution in [0.15, 0.2) is 66.7 Å². The summed E-state index contributed by atoms with van der Waals surface area (Å²) in [5, 5.41) is 7.32. The Morgan fingerprint density at radius 1 is 0.949 bits per heavy atom. The van der Waals surface area contributed by atoms with E-state index in [2.05, 4.69) is 17.6 Å². The lowest BCUT2D eigenvalue weighted by atomic mass is 9.97. The molecule has 0 saturated heterocycles. The predicted molar refractivity (Wildman–Crippen MR) is 144 cm³/mol. The Labute approximate surface area is 226 Å². The van der Waals surface area contributed by atoms with Crippen molar-refractivity contribution in [2.75, 3.05) is 18.4 Å². The van der Waals surface area contributed by atoms with Gasteiger partial charge in [-0.2, -0.15) is 13.2 Å². The number of hydroxylamine groups is 2. The molecule has 0 fully saturated rings. The first-order valence-corrected chi connectivity index (χ1v) is 13.1. The number of anilines is 1. The van der Waals surface area contributed by atoms with Crippen LogP contribution in [-0.2, 0) is 24.0 Å². The summed E-state index contributed by atoms with van der Waals surface area (Å²) in [6, 6.07) is 17.1. The maximum atomic E-state index is 13.2. The number of benzene rings is 3. The van der Waals surface area contributed by atoms with Crippen LogP contribution in [0.2, 0.25) is 0 Å². The highest BCUT2D eigenvalue weighted by Crippen LogP contribution is 2.32. The van der Waals surface area contributed by atoms with E-state index in [1.54, 1.807) is 35.4 Å². The van der Waals surface area contributed by atoms with Crippen molar-refractivity contribution in [1.82, 2.24) is 10.4 Å². The number of carbonyl (C=O) groups excluding carboxylic acids is 2. The molecule has 0 bridgehead atoms. The fourth-order valence-electron chi connectivity index (χ4n) is 4.54. The van der Waals surface area contributed by atoms with Gasteiger partial charge in [0.05, 0.1) is 12.1 Å². The van der Waals surface area contributed by atoms with Gasteiger partial charge in [-0.05, 0) is 65.4 Å². The Kier molecular flexibility index (Phi) is 9.24. The van der Waals surface area contributed by atoms with Crippen LogP contribution in [0.25, 0.3) is 11.1 Å². The molecule has 6 nitrogen and oxygen atoms in total. The molecule has 3 aromatic carbocycles. The van der Waals surface area contributed by atoms with E-state index < -0.39 is 17.8 Å². The molecule has 2 amide bonds. The zero-order chi connectivity index (χ0) is 27.8. The molecule has 0 aliphatic carbocycles. The Morgan fingerprint density at radius 3 is 2.46 bits per heavy atom. The summed E-state index contributed by atoms with van der Waals surface area (Å²) >= 11 is 0. The van der Waals surface area contributed by atoms with Crippen LogP contribution in [0.5, 0.6) is 0 Å². The summed E-state index contributed by atoms with van der Waals surface area (Å²) < 4.78 is 38.9. The van der Waals surface area contributed by atoms with Gasteiger partial charge in [-0.3, -0.25) is 4.79 Å². The smallest absolute Gasteiger partial charge is 0.351 e. The Balaban J connectivity index is 1.37. The molecule has 0 unspecified atom stereocenters. The number of hydrogen-bond acceptors (Lipinski definition) is 4. The van der Waals surface area contributed by atoms with Gasteiger partial charge in [0.25, 0.3) is 5.91 Å². The number of hydrogen-bond donors (Lipinski definition) is 2. The molecule has 0 saturated carbocycles. The van der Waals surface area contributed by atoms with Crippen molar-refractivity contribution in [2.45, 2.75) is 51.7 Å². The third-order valence-electron chi connectivity index (χ3n) is 6.65. The topological polar surface area (TPSA) is 70.7 Å². The van der Waals surface area contributed by atoms with E-state index in [1.807, 2.05) is 12.1 Å². The summed E-state index contributed by atoms with van der Waals surface area (Å²) in [6.45, 7) is 3.71. The van der Waals surface area contributed by atoms with Crippen LogP contribution in [0.4, 0.5) is 23.7 Å². The first-order chi connectivity index (χ1) is 18.7. The lowest BCUT2D eigenvalue weighted by Gasteiger charge is -2.27. The van der Waals surface area contributed by atoms with Crippen LogP contribution < -0.4 is 10.6 Å². The molecule has 0 atom stereocenters. The zero-order valence-electron chi connectivity index (χ0n) is 21.8. The molecule has 9 heteroatoms. The number of nitrogens with one attached hydrogen (secondary N) is 2. The van der Waals surface area contributed by atoms with Gasteiger partial charge in [0.1, 0.15) is 0 Å². The highest BCUT2D eigenvalue weighted by Gasteiger charge is 2.30. The number of rotatable bonds is 9. The highest BCUT2D eigenvalue weighted by atomic mass is 19.4. The van der Waals surface area contributed by atoms with Crippen LogP contribution in [0.3, 0.4) is 0 Å². The molecule has 4 rings (SSSR count). The van der Waals surface area contributed by atoms with E-state index in [9.17, 15) is 22.8 Å². The Hall–Kier alpha value is -3.85. The second kappa shape index (κ2) is 12.8. The second-order valence-corrected chi connectivity index (χ2v) is 9.54. The van der Waals surface area contributed by atoms with Gasteiger partial charge >= 0.3 is 12.3 Å². The maximum absolute atomic E-state index is 13.2. The molecule has 1 aliphatic rings. The molecule has 0 aromatic heterocycles. The van der Waals surface area contributed by atoms with Gasteiger partial charge in [-0.25, -0.2) is 4.79 Å². The van der Waals surface area contributed by atoms with Gasteiger partial charge in [-0.1, -0.05) is 62.6 Å². The van der Waals surface area contributed by atoms with Crippen molar-refractivity contribution in [3.05, 3.63) is 89.0 Å². The highest BCUT2D eigenvalue weighted by molar-refractivity contribution is 6.08.